The number of carbonyl (C=O) groups is 2. The van der Waals surface area contributed by atoms with E-state index in [1.54, 1.807) is 70.4 Å². The molecular formula is C22H29N3O5. The Morgan fingerprint density at radius 3 is 2.53 bits per heavy atom. The van der Waals surface area contributed by atoms with Gasteiger partial charge >= 0.3 is 6.09 Å². The highest BCUT2D eigenvalue weighted by molar-refractivity contribution is 5.93. The number of hydrogen-bond donors (Lipinski definition) is 3. The maximum Gasteiger partial charge on any atom is 0.407 e. The third-order valence-electron chi connectivity index (χ3n) is 4.07. The summed E-state index contributed by atoms with van der Waals surface area (Å²) in [5.74, 6) is 0.142. The maximum absolute atomic E-state index is 12.5. The molecule has 0 fully saturated rings. The van der Waals surface area contributed by atoms with Crippen LogP contribution in [0.5, 0.6) is 5.75 Å². The van der Waals surface area contributed by atoms with Crippen LogP contribution in [-0.4, -0.2) is 40.8 Å². The summed E-state index contributed by atoms with van der Waals surface area (Å²) in [6.07, 6.45) is 1.77. The van der Waals surface area contributed by atoms with E-state index in [2.05, 4.69) is 15.6 Å². The fourth-order valence-electron chi connectivity index (χ4n) is 2.76. The average molecular weight is 415 g/mol. The number of methoxy groups -OCH3 is 1. The van der Waals surface area contributed by atoms with Crippen LogP contribution < -0.4 is 15.4 Å². The van der Waals surface area contributed by atoms with E-state index in [1.165, 1.54) is 7.11 Å². The highest BCUT2D eigenvalue weighted by atomic mass is 16.6. The smallest absolute Gasteiger partial charge is 0.407 e. The number of carbonyl (C=O) groups excluding carboxylic acids is 2. The van der Waals surface area contributed by atoms with Crippen LogP contribution in [0.1, 0.15) is 51.3 Å². The molecule has 0 aliphatic carbocycles. The van der Waals surface area contributed by atoms with Gasteiger partial charge in [0.15, 0.2) is 0 Å². The molecule has 162 valence electrons. The predicted octanol–water partition coefficient (Wildman–Crippen LogP) is 3.41. The number of anilines is 1. The van der Waals surface area contributed by atoms with Crippen molar-refractivity contribution in [2.24, 2.45) is 0 Å². The summed E-state index contributed by atoms with van der Waals surface area (Å²) in [6.45, 7) is 7.01. The minimum absolute atomic E-state index is 0.0395. The number of benzene rings is 1. The lowest BCUT2D eigenvalue weighted by Gasteiger charge is -2.22. The van der Waals surface area contributed by atoms with E-state index >= 15 is 0 Å². The van der Waals surface area contributed by atoms with Gasteiger partial charge in [-0.05, 0) is 51.5 Å². The number of nitrogens with one attached hydrogen (secondary N) is 2. The largest absolute Gasteiger partial charge is 0.495 e. The van der Waals surface area contributed by atoms with Gasteiger partial charge in [-0.15, -0.1) is 0 Å². The van der Waals surface area contributed by atoms with Gasteiger partial charge in [-0.25, -0.2) is 4.79 Å². The van der Waals surface area contributed by atoms with Crippen molar-refractivity contribution in [3.8, 4) is 5.75 Å². The Hall–Kier alpha value is -3.13. The molecule has 2 atom stereocenters. The average Bonchev–Trinajstić information content (AvgIpc) is 2.66. The molecule has 0 saturated carbocycles. The van der Waals surface area contributed by atoms with Crippen molar-refractivity contribution in [2.75, 3.05) is 12.4 Å². The number of hydrogen-bond acceptors (Lipinski definition) is 6. The molecule has 1 aromatic heterocycles. The van der Waals surface area contributed by atoms with E-state index in [0.717, 1.165) is 0 Å². The van der Waals surface area contributed by atoms with Gasteiger partial charge in [-0.3, -0.25) is 9.78 Å². The second-order valence-electron chi connectivity index (χ2n) is 7.95. The van der Waals surface area contributed by atoms with Gasteiger partial charge in [0.2, 0.25) is 5.91 Å². The molecule has 0 aliphatic rings. The van der Waals surface area contributed by atoms with Crippen molar-refractivity contribution in [3.63, 3.8) is 0 Å². The molecule has 0 radical (unpaired) electrons. The molecular weight excluding hydrogens is 386 g/mol. The second-order valence-corrected chi connectivity index (χ2v) is 7.95. The first-order valence-corrected chi connectivity index (χ1v) is 9.64. The lowest BCUT2D eigenvalue weighted by atomic mass is 10.0. The van der Waals surface area contributed by atoms with Gasteiger partial charge in [0.05, 0.1) is 12.8 Å². The number of pyridine rings is 1. The fourth-order valence-corrected chi connectivity index (χ4v) is 2.76. The number of rotatable bonds is 7. The minimum Gasteiger partial charge on any atom is -0.495 e. The number of ether oxygens (including phenoxy) is 2. The Balaban J connectivity index is 2.05. The first-order chi connectivity index (χ1) is 14.1. The van der Waals surface area contributed by atoms with Crippen molar-refractivity contribution in [1.82, 2.24) is 10.3 Å². The summed E-state index contributed by atoms with van der Waals surface area (Å²) in [5, 5.41) is 16.0. The van der Waals surface area contributed by atoms with Crippen LogP contribution in [0.2, 0.25) is 0 Å². The monoisotopic (exact) mass is 415 g/mol. The van der Waals surface area contributed by atoms with Crippen LogP contribution in [0.3, 0.4) is 0 Å². The molecule has 1 aromatic carbocycles. The maximum atomic E-state index is 12.5. The Morgan fingerprint density at radius 2 is 1.93 bits per heavy atom. The van der Waals surface area contributed by atoms with Crippen molar-refractivity contribution in [2.45, 2.75) is 51.9 Å². The van der Waals surface area contributed by atoms with Crippen LogP contribution >= 0.6 is 0 Å². The molecule has 0 saturated heterocycles. The van der Waals surface area contributed by atoms with Crippen molar-refractivity contribution in [3.05, 3.63) is 53.9 Å². The number of aliphatic hydroxyl groups is 1. The summed E-state index contributed by atoms with van der Waals surface area (Å²) in [6, 6.07) is 8.12. The quantitative estimate of drug-likeness (QED) is 0.639. The Kier molecular flexibility index (Phi) is 7.77. The van der Waals surface area contributed by atoms with Crippen LogP contribution in [0.4, 0.5) is 10.5 Å². The van der Waals surface area contributed by atoms with Gasteiger partial charge in [0.1, 0.15) is 17.5 Å². The number of aliphatic hydroxyl groups excluding tert-OH is 1. The first-order valence-electron chi connectivity index (χ1n) is 9.64. The standard InChI is InChI=1S/C22H29N3O5/c1-14(24-21(28)30-22(2,3)4)11-19(26)25-17-12-15(8-9-18(17)29-5)20(27)16-7-6-10-23-13-16/h6-10,12-14,20,27H,11H2,1-5H3,(H,24,28)(H,25,26). The van der Waals surface area contributed by atoms with Crippen LogP contribution in [-0.2, 0) is 9.53 Å². The van der Waals surface area contributed by atoms with E-state index in [9.17, 15) is 14.7 Å². The Morgan fingerprint density at radius 1 is 1.20 bits per heavy atom. The number of alkyl carbamates (subject to hydrolysis) is 1. The van der Waals surface area contributed by atoms with E-state index in [1.807, 2.05) is 0 Å². The molecule has 3 N–H and O–H groups in total. The predicted molar refractivity (Wildman–Crippen MR) is 113 cm³/mol. The lowest BCUT2D eigenvalue weighted by molar-refractivity contribution is -0.116. The molecule has 2 rings (SSSR count). The van der Waals surface area contributed by atoms with E-state index in [0.29, 0.717) is 22.6 Å². The van der Waals surface area contributed by atoms with E-state index in [4.69, 9.17) is 9.47 Å². The molecule has 8 heteroatoms. The van der Waals surface area contributed by atoms with Crippen molar-refractivity contribution in [1.29, 1.82) is 0 Å². The summed E-state index contributed by atoms with van der Waals surface area (Å²) in [7, 11) is 1.49. The van der Waals surface area contributed by atoms with Gasteiger partial charge < -0.3 is 25.2 Å². The summed E-state index contributed by atoms with van der Waals surface area (Å²) >= 11 is 0. The lowest BCUT2D eigenvalue weighted by Crippen LogP contribution is -2.39. The van der Waals surface area contributed by atoms with Gasteiger partial charge in [0.25, 0.3) is 0 Å². The zero-order valence-corrected chi connectivity index (χ0v) is 17.9. The van der Waals surface area contributed by atoms with Crippen molar-refractivity contribution < 1.29 is 24.2 Å². The molecule has 1 heterocycles. The Bertz CT molecular complexity index is 865. The topological polar surface area (TPSA) is 110 Å². The second kappa shape index (κ2) is 10.1. The van der Waals surface area contributed by atoms with Gasteiger partial charge in [-0.2, -0.15) is 0 Å². The van der Waals surface area contributed by atoms with Gasteiger partial charge in [0, 0.05) is 30.4 Å². The first kappa shape index (κ1) is 23.2. The Labute approximate surface area is 176 Å². The highest BCUT2D eigenvalue weighted by Crippen LogP contribution is 2.30. The molecule has 0 spiro atoms. The SMILES string of the molecule is COc1ccc(C(O)c2cccnc2)cc1NC(=O)CC(C)NC(=O)OC(C)(C)C. The van der Waals surface area contributed by atoms with Crippen LogP contribution in [0.15, 0.2) is 42.7 Å². The summed E-state index contributed by atoms with van der Waals surface area (Å²) in [5.41, 5.74) is 1.02. The molecule has 2 unspecified atom stereocenters. The zero-order valence-electron chi connectivity index (χ0n) is 17.9. The number of nitrogens with zero attached hydrogens (tertiary/aromatic N) is 1. The number of amides is 2. The third-order valence-corrected chi connectivity index (χ3v) is 4.07. The van der Waals surface area contributed by atoms with Crippen molar-refractivity contribution >= 4 is 17.7 Å². The zero-order chi connectivity index (χ0) is 22.3. The summed E-state index contributed by atoms with van der Waals surface area (Å²) in [4.78, 5) is 28.3. The van der Waals surface area contributed by atoms with Crippen LogP contribution in [0.25, 0.3) is 0 Å². The number of aromatic nitrogens is 1. The van der Waals surface area contributed by atoms with E-state index < -0.39 is 23.8 Å². The molecule has 8 nitrogen and oxygen atoms in total. The van der Waals surface area contributed by atoms with Gasteiger partial charge in [-0.1, -0.05) is 12.1 Å². The van der Waals surface area contributed by atoms with Crippen LogP contribution in [0, 0.1) is 0 Å². The molecule has 2 aromatic rings. The fraction of sp³-hybridized carbons (Fsp3) is 0.409. The third kappa shape index (κ3) is 7.04. The molecule has 0 aliphatic heterocycles. The minimum atomic E-state index is -0.895. The normalized spacial score (nSPS) is 13.1. The summed E-state index contributed by atoms with van der Waals surface area (Å²) < 4.78 is 10.5. The van der Waals surface area contributed by atoms with E-state index in [-0.39, 0.29) is 12.3 Å². The molecule has 0 bridgehead atoms. The highest BCUT2D eigenvalue weighted by Gasteiger charge is 2.20. The molecule has 2 amide bonds. The molecule has 30 heavy (non-hydrogen) atoms.